The lowest BCUT2D eigenvalue weighted by molar-refractivity contribution is -0.218. The molecule has 0 bridgehead atoms. The summed E-state index contributed by atoms with van der Waals surface area (Å²) in [5.41, 5.74) is 2.16. The molecular weight excluding hydrogens is 366 g/mol. The quantitative estimate of drug-likeness (QED) is 0.408. The molecule has 1 amide bonds. The Bertz CT molecular complexity index is 928. The molecule has 1 atom stereocenters. The number of phenols is 3. The van der Waals surface area contributed by atoms with E-state index in [1.165, 1.54) is 25.1 Å². The largest absolute Gasteiger partial charge is 0.508 e. The Morgan fingerprint density at radius 1 is 1.19 bits per heavy atom. The first-order chi connectivity index (χ1) is 12.2. The molecule has 5 N–H and O–H groups in total. The van der Waals surface area contributed by atoms with Crippen molar-refractivity contribution in [2.24, 2.45) is 0 Å². The molecule has 2 aromatic carbocycles. The third-order valence-electron chi connectivity index (χ3n) is 3.55. The summed E-state index contributed by atoms with van der Waals surface area (Å²) in [6, 6.07) is 6.33. The molecule has 0 spiro atoms. The van der Waals surface area contributed by atoms with E-state index < -0.39 is 17.4 Å². The van der Waals surface area contributed by atoms with Crippen LogP contribution in [0.4, 0.5) is 0 Å². The molecule has 1 unspecified atom stereocenters. The van der Waals surface area contributed by atoms with Crippen LogP contribution in [0.3, 0.4) is 0 Å². The molecule has 136 valence electrons. The van der Waals surface area contributed by atoms with E-state index in [2.05, 4.69) is 0 Å². The van der Waals surface area contributed by atoms with Crippen LogP contribution >= 0.6 is 11.6 Å². The second-order valence-electron chi connectivity index (χ2n) is 5.57. The van der Waals surface area contributed by atoms with E-state index in [1.54, 1.807) is 0 Å². The molecule has 9 heteroatoms. The maximum absolute atomic E-state index is 11.2. The summed E-state index contributed by atoms with van der Waals surface area (Å²) in [5, 5.41) is 40.3. The fraction of sp³-hybridized carbons (Fsp3) is 0.118. The van der Waals surface area contributed by atoms with Crippen LogP contribution in [0.5, 0.6) is 23.0 Å². The lowest BCUT2D eigenvalue weighted by atomic mass is 9.98. The van der Waals surface area contributed by atoms with Gasteiger partial charge in [0.15, 0.2) is 0 Å². The fourth-order valence-corrected chi connectivity index (χ4v) is 2.64. The Labute approximate surface area is 152 Å². The number of halogens is 1. The number of ether oxygens (including phenoxy) is 1. The fourth-order valence-electron chi connectivity index (χ4n) is 2.46. The number of hydroxylamine groups is 1. The van der Waals surface area contributed by atoms with Gasteiger partial charge in [-0.25, -0.2) is 10.3 Å². The standard InChI is InChI=1S/C17H14ClNO7/c1-8(20)19-26-17(24)7-15(9-2-3-12(22)11(18)4-9)25-14-6-10(21)5-13(23)16(14)17/h2-7,21-24H,1H3,(H,19,20). The number of hydrogen-bond acceptors (Lipinski definition) is 7. The van der Waals surface area contributed by atoms with Gasteiger partial charge in [0.2, 0.25) is 11.7 Å². The molecule has 2 aromatic rings. The van der Waals surface area contributed by atoms with Gasteiger partial charge >= 0.3 is 0 Å². The lowest BCUT2D eigenvalue weighted by Crippen LogP contribution is -2.38. The van der Waals surface area contributed by atoms with Crippen molar-refractivity contribution in [1.82, 2.24) is 5.48 Å². The summed E-state index contributed by atoms with van der Waals surface area (Å²) in [6.45, 7) is 1.17. The van der Waals surface area contributed by atoms with Crippen LogP contribution in [0, 0.1) is 0 Å². The molecule has 0 saturated carbocycles. The van der Waals surface area contributed by atoms with E-state index in [9.17, 15) is 25.2 Å². The number of benzene rings is 2. The van der Waals surface area contributed by atoms with Gasteiger partial charge in [-0.05, 0) is 18.2 Å². The summed E-state index contributed by atoms with van der Waals surface area (Å²) in [6.07, 6.45) is 1.10. The van der Waals surface area contributed by atoms with Crippen molar-refractivity contribution in [1.29, 1.82) is 0 Å². The van der Waals surface area contributed by atoms with Gasteiger partial charge in [-0.3, -0.25) is 4.79 Å². The van der Waals surface area contributed by atoms with Gasteiger partial charge in [0.1, 0.15) is 34.3 Å². The first-order valence-corrected chi connectivity index (χ1v) is 7.70. The Kier molecular flexibility index (Phi) is 4.41. The van der Waals surface area contributed by atoms with Crippen molar-refractivity contribution in [2.75, 3.05) is 0 Å². The van der Waals surface area contributed by atoms with Gasteiger partial charge in [-0.1, -0.05) is 11.6 Å². The van der Waals surface area contributed by atoms with Crippen LogP contribution in [-0.4, -0.2) is 26.3 Å². The van der Waals surface area contributed by atoms with Gasteiger partial charge in [-0.15, -0.1) is 0 Å². The molecule has 26 heavy (non-hydrogen) atoms. The molecule has 0 aliphatic carbocycles. The third kappa shape index (κ3) is 3.25. The van der Waals surface area contributed by atoms with Crippen LogP contribution in [0.2, 0.25) is 5.02 Å². The second kappa shape index (κ2) is 6.41. The number of aromatic hydroxyl groups is 3. The number of aliphatic hydroxyl groups is 1. The Morgan fingerprint density at radius 3 is 2.58 bits per heavy atom. The van der Waals surface area contributed by atoms with Gasteiger partial charge in [0.25, 0.3) is 0 Å². The molecule has 0 saturated heterocycles. The number of carbonyl (C=O) groups is 1. The third-order valence-corrected chi connectivity index (χ3v) is 3.86. The van der Waals surface area contributed by atoms with Crippen molar-refractivity contribution in [3.05, 3.63) is 52.6 Å². The minimum absolute atomic E-state index is 0.0443. The minimum Gasteiger partial charge on any atom is -0.508 e. The number of nitrogens with one attached hydrogen (secondary N) is 1. The van der Waals surface area contributed by atoms with Crippen LogP contribution in [0.25, 0.3) is 5.76 Å². The van der Waals surface area contributed by atoms with Crippen LogP contribution in [-0.2, 0) is 15.4 Å². The first kappa shape index (κ1) is 17.9. The average molecular weight is 380 g/mol. The van der Waals surface area contributed by atoms with Crippen molar-refractivity contribution < 1.29 is 34.8 Å². The second-order valence-corrected chi connectivity index (χ2v) is 5.98. The highest BCUT2D eigenvalue weighted by Gasteiger charge is 2.41. The lowest BCUT2D eigenvalue weighted by Gasteiger charge is -2.32. The van der Waals surface area contributed by atoms with E-state index in [-0.39, 0.29) is 33.6 Å². The smallest absolute Gasteiger partial charge is 0.248 e. The molecule has 0 aromatic heterocycles. The molecule has 1 aliphatic heterocycles. The summed E-state index contributed by atoms with van der Waals surface area (Å²) in [5.74, 6) is -3.90. The summed E-state index contributed by atoms with van der Waals surface area (Å²) < 4.78 is 5.62. The van der Waals surface area contributed by atoms with E-state index in [4.69, 9.17) is 21.2 Å². The summed E-state index contributed by atoms with van der Waals surface area (Å²) in [4.78, 5) is 16.2. The first-order valence-electron chi connectivity index (χ1n) is 7.32. The zero-order valence-corrected chi connectivity index (χ0v) is 14.1. The molecule has 1 aliphatic rings. The Balaban J connectivity index is 2.14. The molecular formula is C17H14ClNO7. The zero-order chi connectivity index (χ0) is 19.1. The summed E-state index contributed by atoms with van der Waals surface area (Å²) in [7, 11) is 0. The maximum atomic E-state index is 11.2. The average Bonchev–Trinajstić information content (AvgIpc) is 2.54. The van der Waals surface area contributed by atoms with Crippen LogP contribution < -0.4 is 10.2 Å². The van der Waals surface area contributed by atoms with Crippen molar-refractivity contribution >= 4 is 23.3 Å². The highest BCUT2D eigenvalue weighted by atomic mass is 35.5. The number of rotatable bonds is 3. The topological polar surface area (TPSA) is 128 Å². The summed E-state index contributed by atoms with van der Waals surface area (Å²) >= 11 is 5.89. The van der Waals surface area contributed by atoms with Crippen LogP contribution in [0.15, 0.2) is 36.4 Å². The van der Waals surface area contributed by atoms with Crippen molar-refractivity contribution in [3.63, 3.8) is 0 Å². The number of hydrogen-bond donors (Lipinski definition) is 5. The van der Waals surface area contributed by atoms with Crippen molar-refractivity contribution in [3.8, 4) is 23.0 Å². The maximum Gasteiger partial charge on any atom is 0.248 e. The Hall–Kier alpha value is -2.94. The Morgan fingerprint density at radius 2 is 1.92 bits per heavy atom. The molecule has 8 nitrogen and oxygen atoms in total. The number of carbonyl (C=O) groups excluding carboxylic acids is 1. The monoisotopic (exact) mass is 379 g/mol. The molecule has 0 radical (unpaired) electrons. The molecule has 0 fully saturated rings. The number of phenolic OH excluding ortho intramolecular Hbond substituents is 3. The highest BCUT2D eigenvalue weighted by Crippen LogP contribution is 2.47. The van der Waals surface area contributed by atoms with E-state index in [1.807, 2.05) is 5.48 Å². The normalized spacial score (nSPS) is 18.5. The predicted molar refractivity (Wildman–Crippen MR) is 90.3 cm³/mol. The van der Waals surface area contributed by atoms with E-state index >= 15 is 0 Å². The number of fused-ring (bicyclic) bond motifs is 1. The van der Waals surface area contributed by atoms with E-state index in [0.717, 1.165) is 18.2 Å². The predicted octanol–water partition coefficient (Wildman–Crippen LogP) is 2.10. The van der Waals surface area contributed by atoms with E-state index in [0.29, 0.717) is 5.56 Å². The van der Waals surface area contributed by atoms with Crippen LogP contribution in [0.1, 0.15) is 18.1 Å². The zero-order valence-electron chi connectivity index (χ0n) is 13.4. The van der Waals surface area contributed by atoms with Gasteiger partial charge < -0.3 is 25.2 Å². The van der Waals surface area contributed by atoms with Gasteiger partial charge in [0, 0.05) is 30.7 Å². The van der Waals surface area contributed by atoms with Gasteiger partial charge in [-0.2, -0.15) is 0 Å². The molecule has 1 heterocycles. The number of amides is 1. The SMILES string of the molecule is CC(=O)NOC1(O)C=C(c2ccc(O)c(Cl)c2)Oc2cc(O)cc(O)c21. The highest BCUT2D eigenvalue weighted by molar-refractivity contribution is 6.32. The van der Waals surface area contributed by atoms with Gasteiger partial charge in [0.05, 0.1) is 5.02 Å². The van der Waals surface area contributed by atoms with Crippen molar-refractivity contribution in [2.45, 2.75) is 12.7 Å². The molecule has 3 rings (SSSR count). The minimum atomic E-state index is -2.29.